The van der Waals surface area contributed by atoms with Gasteiger partial charge in [0.2, 0.25) is 5.96 Å². The molecular formula is C21H18F2N4S. The number of rotatable bonds is 4. The van der Waals surface area contributed by atoms with Gasteiger partial charge in [-0.3, -0.25) is 9.71 Å². The van der Waals surface area contributed by atoms with Crippen molar-refractivity contribution >= 4 is 23.6 Å². The topological polar surface area (TPSA) is 49.3 Å². The molecule has 0 aliphatic carbocycles. The Morgan fingerprint density at radius 1 is 1.00 bits per heavy atom. The average molecular weight is 396 g/mol. The maximum absolute atomic E-state index is 14.3. The highest BCUT2D eigenvalue weighted by Crippen LogP contribution is 2.38. The summed E-state index contributed by atoms with van der Waals surface area (Å²) >= 11 is 1.42. The van der Waals surface area contributed by atoms with Crippen molar-refractivity contribution in [1.29, 1.82) is 0 Å². The fraction of sp³-hybridized carbons (Fsp3) is 0.143. The second-order valence-electron chi connectivity index (χ2n) is 6.39. The zero-order valence-corrected chi connectivity index (χ0v) is 15.9. The Morgan fingerprint density at radius 3 is 2.61 bits per heavy atom. The molecule has 2 aromatic carbocycles. The van der Waals surface area contributed by atoms with Gasteiger partial charge in [0.05, 0.1) is 22.8 Å². The monoisotopic (exact) mass is 396 g/mol. The van der Waals surface area contributed by atoms with Crippen molar-refractivity contribution in [1.82, 2.24) is 9.71 Å². The zero-order valence-electron chi connectivity index (χ0n) is 15.1. The summed E-state index contributed by atoms with van der Waals surface area (Å²) in [4.78, 5) is 9.41. The number of nitrogens with zero attached hydrogens (tertiary/aromatic N) is 2. The first-order valence-electron chi connectivity index (χ1n) is 8.84. The summed E-state index contributed by atoms with van der Waals surface area (Å²) in [5, 5.41) is 3.27. The Bertz CT molecular complexity index is 1040. The average Bonchev–Trinajstić information content (AvgIpc) is 2.72. The largest absolute Gasteiger partial charge is 0.324 e. The number of pyridine rings is 1. The van der Waals surface area contributed by atoms with Gasteiger partial charge in [0.15, 0.2) is 0 Å². The minimum absolute atomic E-state index is 0.114. The van der Waals surface area contributed by atoms with Crippen LogP contribution in [-0.4, -0.2) is 10.9 Å². The van der Waals surface area contributed by atoms with Crippen LogP contribution in [0.4, 0.5) is 14.5 Å². The van der Waals surface area contributed by atoms with Gasteiger partial charge >= 0.3 is 0 Å². The predicted molar refractivity (Wildman–Crippen MR) is 108 cm³/mol. The molecule has 3 aromatic rings. The molecule has 1 aliphatic heterocycles. The van der Waals surface area contributed by atoms with E-state index >= 15 is 0 Å². The molecule has 4 nitrogen and oxygen atoms in total. The van der Waals surface area contributed by atoms with E-state index in [1.807, 2.05) is 31.2 Å². The van der Waals surface area contributed by atoms with Crippen molar-refractivity contribution in [3.05, 3.63) is 89.2 Å². The summed E-state index contributed by atoms with van der Waals surface area (Å²) in [7, 11) is 0. The van der Waals surface area contributed by atoms with Gasteiger partial charge in [0.1, 0.15) is 11.6 Å². The zero-order chi connectivity index (χ0) is 19.5. The fourth-order valence-corrected chi connectivity index (χ4v) is 3.87. The number of halogens is 2. The molecule has 142 valence electrons. The number of aliphatic imine (C=N–C) groups is 1. The lowest BCUT2D eigenvalue weighted by atomic mass is 9.91. The van der Waals surface area contributed by atoms with E-state index in [9.17, 15) is 8.78 Å². The van der Waals surface area contributed by atoms with Crippen LogP contribution >= 0.6 is 11.9 Å². The van der Waals surface area contributed by atoms with Crippen LogP contribution in [0.1, 0.15) is 29.7 Å². The van der Waals surface area contributed by atoms with Gasteiger partial charge in [-0.15, -0.1) is 0 Å². The van der Waals surface area contributed by atoms with Gasteiger partial charge in [0, 0.05) is 12.1 Å². The molecule has 0 radical (unpaired) electrons. The molecule has 4 rings (SSSR count). The minimum atomic E-state index is -0.385. The maximum atomic E-state index is 14.3. The lowest BCUT2D eigenvalue weighted by Gasteiger charge is -2.25. The molecule has 28 heavy (non-hydrogen) atoms. The second-order valence-corrected chi connectivity index (χ2v) is 7.24. The first kappa shape index (κ1) is 18.4. The molecule has 1 aromatic heterocycles. The first-order valence-corrected chi connectivity index (χ1v) is 9.66. The van der Waals surface area contributed by atoms with Crippen LogP contribution < -0.4 is 10.0 Å². The number of hydrogen-bond donors (Lipinski definition) is 2. The Kier molecular flexibility index (Phi) is 5.25. The van der Waals surface area contributed by atoms with Gasteiger partial charge in [-0.1, -0.05) is 37.3 Å². The highest BCUT2D eigenvalue weighted by molar-refractivity contribution is 7.98. The van der Waals surface area contributed by atoms with Crippen LogP contribution in [0.2, 0.25) is 0 Å². The number of guanidine groups is 1. The predicted octanol–water partition coefficient (Wildman–Crippen LogP) is 5.09. The van der Waals surface area contributed by atoms with Crippen LogP contribution in [0.15, 0.2) is 70.7 Å². The van der Waals surface area contributed by atoms with Crippen molar-refractivity contribution in [3.8, 4) is 0 Å². The van der Waals surface area contributed by atoms with Crippen LogP contribution in [-0.2, 0) is 6.54 Å². The van der Waals surface area contributed by atoms with Crippen LogP contribution in [0.5, 0.6) is 0 Å². The van der Waals surface area contributed by atoms with Gasteiger partial charge in [-0.2, -0.15) is 0 Å². The third kappa shape index (κ3) is 3.71. The standard InChI is InChI=1S/C21H18F2N4S/c1-13(14-6-2-3-8-16(14)22)15-7-4-10-19-20(15)26-21(27-28-19)25-12-18-17(23)9-5-11-24-18/h2-11,13H,12H2,1H3,(H2,25,26,27)/t13-/m0/s1. The molecule has 0 saturated carbocycles. The Morgan fingerprint density at radius 2 is 1.79 bits per heavy atom. The third-order valence-electron chi connectivity index (χ3n) is 4.62. The molecule has 1 atom stereocenters. The summed E-state index contributed by atoms with van der Waals surface area (Å²) in [6.07, 6.45) is 1.54. The summed E-state index contributed by atoms with van der Waals surface area (Å²) in [5.74, 6) is -0.245. The summed E-state index contributed by atoms with van der Waals surface area (Å²) in [6.45, 7) is 2.09. The molecule has 7 heteroatoms. The van der Waals surface area contributed by atoms with E-state index in [1.165, 1.54) is 24.1 Å². The van der Waals surface area contributed by atoms with Crippen LogP contribution in [0.25, 0.3) is 0 Å². The van der Waals surface area contributed by atoms with Gasteiger partial charge < -0.3 is 5.32 Å². The van der Waals surface area contributed by atoms with Crippen molar-refractivity contribution in [2.24, 2.45) is 4.99 Å². The fourth-order valence-electron chi connectivity index (χ4n) is 3.13. The molecule has 0 fully saturated rings. The number of para-hydroxylation sites is 1. The number of nitrogens with one attached hydrogen (secondary N) is 2. The van der Waals surface area contributed by atoms with Crippen molar-refractivity contribution in [3.63, 3.8) is 0 Å². The molecular weight excluding hydrogens is 378 g/mol. The third-order valence-corrected chi connectivity index (χ3v) is 5.47. The first-order chi connectivity index (χ1) is 13.6. The quantitative estimate of drug-likeness (QED) is 0.603. The molecule has 2 heterocycles. The lowest BCUT2D eigenvalue weighted by Crippen LogP contribution is -2.30. The number of anilines is 1. The Hall–Kier alpha value is -2.93. The van der Waals surface area contributed by atoms with E-state index in [0.717, 1.165) is 16.1 Å². The number of hydrogen-bond acceptors (Lipinski definition) is 3. The highest BCUT2D eigenvalue weighted by Gasteiger charge is 2.22. The molecule has 0 saturated heterocycles. The Labute approximate surface area is 166 Å². The molecule has 2 N–H and O–H groups in total. The summed E-state index contributed by atoms with van der Waals surface area (Å²) < 4.78 is 31.2. The molecule has 0 unspecified atom stereocenters. The van der Waals surface area contributed by atoms with E-state index in [-0.39, 0.29) is 29.8 Å². The van der Waals surface area contributed by atoms with Gasteiger partial charge in [-0.25, -0.2) is 13.8 Å². The molecule has 0 amide bonds. The second kappa shape index (κ2) is 7.98. The molecule has 0 bridgehead atoms. The number of fused-ring (bicyclic) bond motifs is 1. The molecule has 1 aliphatic rings. The van der Waals surface area contributed by atoms with E-state index < -0.39 is 0 Å². The maximum Gasteiger partial charge on any atom is 0.206 e. The van der Waals surface area contributed by atoms with E-state index in [2.05, 4.69) is 20.0 Å². The van der Waals surface area contributed by atoms with E-state index in [0.29, 0.717) is 11.5 Å². The smallest absolute Gasteiger partial charge is 0.206 e. The van der Waals surface area contributed by atoms with Crippen molar-refractivity contribution in [2.45, 2.75) is 24.3 Å². The SMILES string of the molecule is C[C@@H](c1ccccc1F)c1cccc2c1NC(=NCc1ncccc1F)NS2. The van der Waals surface area contributed by atoms with Crippen LogP contribution in [0.3, 0.4) is 0 Å². The molecule has 0 spiro atoms. The van der Waals surface area contributed by atoms with Gasteiger partial charge in [-0.05, 0) is 47.3 Å². The summed E-state index contributed by atoms with van der Waals surface area (Å²) in [5.41, 5.74) is 2.76. The van der Waals surface area contributed by atoms with E-state index in [4.69, 9.17) is 0 Å². The summed E-state index contributed by atoms with van der Waals surface area (Å²) in [6, 6.07) is 15.6. The van der Waals surface area contributed by atoms with Crippen LogP contribution in [0, 0.1) is 11.6 Å². The normalized spacial score (nSPS) is 15.5. The van der Waals surface area contributed by atoms with Crippen molar-refractivity contribution in [2.75, 3.05) is 5.32 Å². The van der Waals surface area contributed by atoms with Gasteiger partial charge in [0.25, 0.3) is 0 Å². The number of benzene rings is 2. The van der Waals surface area contributed by atoms with Crippen molar-refractivity contribution < 1.29 is 8.78 Å². The van der Waals surface area contributed by atoms with E-state index in [1.54, 1.807) is 24.4 Å². The number of aromatic nitrogens is 1. The Balaban J connectivity index is 1.62. The highest BCUT2D eigenvalue weighted by atomic mass is 32.2. The lowest BCUT2D eigenvalue weighted by molar-refractivity contribution is 0.600. The minimum Gasteiger partial charge on any atom is -0.324 e.